The van der Waals surface area contributed by atoms with Crippen molar-refractivity contribution >= 4 is 11.8 Å². The molecule has 178 valence electrons. The van der Waals surface area contributed by atoms with Gasteiger partial charge >= 0.3 is 12.1 Å². The largest absolute Gasteiger partial charge is 0.466 e. The van der Waals surface area contributed by atoms with Crippen molar-refractivity contribution in [1.82, 2.24) is 0 Å². The molecule has 3 nitrogen and oxygen atoms in total. The van der Waals surface area contributed by atoms with Gasteiger partial charge in [0.05, 0.1) is 13.0 Å². The second-order valence-electron chi connectivity index (χ2n) is 11.1. The average molecular weight is 453 g/mol. The second-order valence-corrected chi connectivity index (χ2v) is 11.1. The van der Waals surface area contributed by atoms with E-state index in [2.05, 4.69) is 19.9 Å². The summed E-state index contributed by atoms with van der Waals surface area (Å²) in [5, 5.41) is 0. The summed E-state index contributed by atoms with van der Waals surface area (Å²) in [6, 6.07) is 0. The highest BCUT2D eigenvalue weighted by Crippen LogP contribution is 2.66. The molecule has 4 rings (SSSR count). The second kappa shape index (κ2) is 8.02. The van der Waals surface area contributed by atoms with Gasteiger partial charge in [0.1, 0.15) is 5.78 Å². The molecule has 0 heterocycles. The summed E-state index contributed by atoms with van der Waals surface area (Å²) < 4.78 is 44.1. The predicted octanol–water partition coefficient (Wildman–Crippen LogP) is 6.43. The Kier molecular flexibility index (Phi) is 5.90. The van der Waals surface area contributed by atoms with Crippen LogP contribution in [0.1, 0.15) is 72.1 Å². The van der Waals surface area contributed by atoms with Crippen molar-refractivity contribution in [3.8, 4) is 0 Å². The summed E-state index contributed by atoms with van der Waals surface area (Å²) in [6.07, 6.45) is 5.66. The molecular formula is C26H35F3O3. The van der Waals surface area contributed by atoms with Crippen molar-refractivity contribution in [3.05, 3.63) is 23.3 Å². The molecule has 0 amide bonds. The van der Waals surface area contributed by atoms with Gasteiger partial charge in [0, 0.05) is 17.9 Å². The number of ketones is 1. The Morgan fingerprint density at radius 2 is 1.88 bits per heavy atom. The Hall–Kier alpha value is -1.59. The van der Waals surface area contributed by atoms with Gasteiger partial charge in [0.15, 0.2) is 0 Å². The van der Waals surface area contributed by atoms with Crippen LogP contribution in [-0.2, 0) is 14.3 Å². The van der Waals surface area contributed by atoms with E-state index in [0.717, 1.165) is 44.6 Å². The highest BCUT2D eigenvalue weighted by molar-refractivity contribution is 5.89. The molecule has 32 heavy (non-hydrogen) atoms. The Bertz CT molecular complexity index is 857. The minimum atomic E-state index is -4.32. The van der Waals surface area contributed by atoms with Crippen molar-refractivity contribution in [2.45, 2.75) is 78.3 Å². The van der Waals surface area contributed by atoms with E-state index in [-0.39, 0.29) is 28.5 Å². The molecule has 0 spiro atoms. The van der Waals surface area contributed by atoms with Crippen LogP contribution in [-0.4, -0.2) is 25.0 Å². The van der Waals surface area contributed by atoms with Crippen LogP contribution in [0.25, 0.3) is 0 Å². The van der Waals surface area contributed by atoms with Crippen LogP contribution in [0, 0.1) is 40.4 Å². The molecule has 0 N–H and O–H groups in total. The zero-order valence-corrected chi connectivity index (χ0v) is 19.6. The first-order valence-corrected chi connectivity index (χ1v) is 12.0. The summed E-state index contributed by atoms with van der Waals surface area (Å²) in [5.41, 5.74) is 1.78. The Morgan fingerprint density at radius 3 is 2.53 bits per heavy atom. The predicted molar refractivity (Wildman–Crippen MR) is 116 cm³/mol. The normalized spacial score (nSPS) is 39.7. The quantitative estimate of drug-likeness (QED) is 0.462. The lowest BCUT2D eigenvalue weighted by atomic mass is 9.47. The van der Waals surface area contributed by atoms with Crippen LogP contribution in [0.15, 0.2) is 23.3 Å². The van der Waals surface area contributed by atoms with Gasteiger partial charge in [0.25, 0.3) is 0 Å². The maximum atomic E-state index is 13.1. The number of halogens is 3. The van der Waals surface area contributed by atoms with Gasteiger partial charge in [-0.3, -0.25) is 4.79 Å². The molecule has 0 radical (unpaired) electrons. The molecule has 0 aromatic rings. The minimum Gasteiger partial charge on any atom is -0.466 e. The summed E-state index contributed by atoms with van der Waals surface area (Å²) in [4.78, 5) is 25.0. The van der Waals surface area contributed by atoms with E-state index in [1.54, 1.807) is 0 Å². The molecule has 2 saturated carbocycles. The van der Waals surface area contributed by atoms with E-state index in [4.69, 9.17) is 4.74 Å². The number of Topliss-reactive ketones (excluding diaryl/α,β-unsaturated/α-hetero) is 1. The summed E-state index contributed by atoms with van der Waals surface area (Å²) in [5.74, 6) is -0.972. The zero-order valence-electron chi connectivity index (χ0n) is 19.6. The first kappa shape index (κ1) is 23.6. The standard InChI is InChI=1S/C26H35F3O3/c1-15(26(27,28)29)13-22(30)21-8-7-19-18-6-5-17-14-16(23(31)32-4)9-11-24(17,2)20(18)10-12-25(19,21)3/h5,14-15,18-21H,6-13H2,1-4H3/t15?,18-,19-,20-,21+,24-,25-/m0/s1. The molecule has 4 aliphatic rings. The van der Waals surface area contributed by atoms with E-state index in [1.165, 1.54) is 12.7 Å². The molecule has 0 aromatic carbocycles. The topological polar surface area (TPSA) is 43.4 Å². The highest BCUT2D eigenvalue weighted by atomic mass is 19.4. The molecule has 0 bridgehead atoms. The monoisotopic (exact) mass is 452 g/mol. The number of ether oxygens (including phenoxy) is 1. The Morgan fingerprint density at radius 1 is 1.16 bits per heavy atom. The number of hydrogen-bond donors (Lipinski definition) is 0. The van der Waals surface area contributed by atoms with Crippen LogP contribution in [0.4, 0.5) is 13.2 Å². The van der Waals surface area contributed by atoms with Crippen LogP contribution in [0.3, 0.4) is 0 Å². The van der Waals surface area contributed by atoms with Gasteiger partial charge < -0.3 is 4.74 Å². The van der Waals surface area contributed by atoms with Crippen molar-refractivity contribution in [2.24, 2.45) is 40.4 Å². The molecule has 2 fully saturated rings. The highest BCUT2D eigenvalue weighted by Gasteiger charge is 2.59. The molecule has 4 aliphatic carbocycles. The molecule has 1 unspecified atom stereocenters. The molecule has 0 aliphatic heterocycles. The number of carbonyl (C=O) groups is 2. The maximum Gasteiger partial charge on any atom is 0.391 e. The van der Waals surface area contributed by atoms with Gasteiger partial charge in [-0.05, 0) is 85.2 Å². The van der Waals surface area contributed by atoms with E-state index in [9.17, 15) is 22.8 Å². The van der Waals surface area contributed by atoms with Gasteiger partial charge in [0.2, 0.25) is 0 Å². The van der Waals surface area contributed by atoms with Crippen molar-refractivity contribution in [1.29, 1.82) is 0 Å². The molecular weight excluding hydrogens is 417 g/mol. The summed E-state index contributed by atoms with van der Waals surface area (Å²) in [7, 11) is 1.41. The molecule has 0 aromatic heterocycles. The number of carbonyl (C=O) groups excluding carboxylic acids is 2. The van der Waals surface area contributed by atoms with Gasteiger partial charge in [-0.15, -0.1) is 0 Å². The number of esters is 1. The number of allylic oxidation sites excluding steroid dienone is 3. The fourth-order valence-corrected chi connectivity index (χ4v) is 7.71. The van der Waals surface area contributed by atoms with Crippen LogP contribution < -0.4 is 0 Å². The van der Waals surface area contributed by atoms with E-state index >= 15 is 0 Å². The zero-order chi connectivity index (χ0) is 23.5. The van der Waals surface area contributed by atoms with Crippen molar-refractivity contribution in [2.75, 3.05) is 7.11 Å². The van der Waals surface area contributed by atoms with Gasteiger partial charge in [-0.25, -0.2) is 4.79 Å². The fourth-order valence-electron chi connectivity index (χ4n) is 7.71. The first-order chi connectivity index (χ1) is 14.9. The van der Waals surface area contributed by atoms with Gasteiger partial charge in [-0.1, -0.05) is 26.8 Å². The Balaban J connectivity index is 1.55. The fraction of sp³-hybridized carbons (Fsp3) is 0.769. The molecule has 7 atom stereocenters. The smallest absolute Gasteiger partial charge is 0.391 e. The molecule has 0 saturated heterocycles. The minimum absolute atomic E-state index is 0.00859. The number of rotatable bonds is 4. The lowest BCUT2D eigenvalue weighted by Crippen LogP contribution is -2.50. The van der Waals surface area contributed by atoms with Crippen molar-refractivity contribution in [3.63, 3.8) is 0 Å². The number of hydrogen-bond acceptors (Lipinski definition) is 3. The maximum absolute atomic E-state index is 13.1. The lowest BCUT2D eigenvalue weighted by molar-refractivity contribution is -0.175. The van der Waals surface area contributed by atoms with Crippen LogP contribution in [0.2, 0.25) is 0 Å². The number of methoxy groups -OCH3 is 1. The van der Waals surface area contributed by atoms with Gasteiger partial charge in [-0.2, -0.15) is 13.2 Å². The number of fused-ring (bicyclic) bond motifs is 5. The Labute approximate surface area is 188 Å². The third-order valence-electron chi connectivity index (χ3n) is 9.67. The van der Waals surface area contributed by atoms with Crippen molar-refractivity contribution < 1.29 is 27.5 Å². The third-order valence-corrected chi connectivity index (χ3v) is 9.67. The first-order valence-electron chi connectivity index (χ1n) is 12.0. The average Bonchev–Trinajstić information content (AvgIpc) is 3.09. The van der Waals surface area contributed by atoms with E-state index in [1.807, 2.05) is 6.08 Å². The van der Waals surface area contributed by atoms with Crippen LogP contribution in [0.5, 0.6) is 0 Å². The number of alkyl halides is 3. The van der Waals surface area contributed by atoms with E-state index < -0.39 is 18.5 Å². The summed E-state index contributed by atoms with van der Waals surface area (Å²) in [6.45, 7) is 5.60. The third kappa shape index (κ3) is 3.66. The SMILES string of the molecule is COC(=O)C1=CC2=CC[C@H]3[C@@H]4CC[C@H](C(=O)CC(C)C(F)(F)F)[C@@]4(C)CC[C@@H]3[C@@]2(C)CC1. The van der Waals surface area contributed by atoms with Crippen LogP contribution >= 0.6 is 0 Å². The van der Waals surface area contributed by atoms with E-state index in [0.29, 0.717) is 30.6 Å². The lowest BCUT2D eigenvalue weighted by Gasteiger charge is -2.57. The molecule has 6 heteroatoms. The summed E-state index contributed by atoms with van der Waals surface area (Å²) >= 11 is 0.